The zero-order chi connectivity index (χ0) is 28.6. The predicted octanol–water partition coefficient (Wildman–Crippen LogP) is 3.88. The smallest absolute Gasteiger partial charge is 1.00 e. The van der Waals surface area contributed by atoms with Crippen LogP contribution in [0.4, 0.5) is 0 Å². The third-order valence-electron chi connectivity index (χ3n) is 9.09. The van der Waals surface area contributed by atoms with Gasteiger partial charge in [-0.25, -0.2) is 0 Å². The van der Waals surface area contributed by atoms with E-state index in [1.54, 1.807) is 5.17 Å². The molecule has 0 fully saturated rings. The molecule has 0 spiro atoms. The molecule has 0 unspecified atom stereocenters. The number of hydrogen-bond acceptors (Lipinski definition) is 1. The number of allylic oxidation sites excluding steroid dienone is 2. The molecule has 0 amide bonds. The molecule has 0 saturated heterocycles. The first-order chi connectivity index (χ1) is 20.7. The Morgan fingerprint density at radius 3 is 1.61 bits per heavy atom. The van der Waals surface area contributed by atoms with Gasteiger partial charge in [0, 0.05) is 0 Å². The summed E-state index contributed by atoms with van der Waals surface area (Å²) in [6.45, 7) is 4.72. The number of benzene rings is 5. The number of hydrogen-bond donors (Lipinski definition) is 0. The molecule has 0 saturated carbocycles. The molecule has 0 N–H and O–H groups in total. The fourth-order valence-electron chi connectivity index (χ4n) is 7.05. The van der Waals surface area contributed by atoms with E-state index in [2.05, 4.69) is 135 Å². The van der Waals surface area contributed by atoms with Gasteiger partial charge in [-0.05, 0) is 0 Å². The van der Waals surface area contributed by atoms with Crippen molar-refractivity contribution in [3.8, 4) is 33.4 Å². The molecule has 1 nitrogen and oxygen atoms in total. The van der Waals surface area contributed by atoms with Crippen LogP contribution in [0.1, 0.15) is 42.0 Å². The minimum Gasteiger partial charge on any atom is -1.00 e. The first-order valence-electron chi connectivity index (χ1n) is 15.0. The summed E-state index contributed by atoms with van der Waals surface area (Å²) in [5.74, 6) is 1.23. The fourth-order valence-corrected chi connectivity index (χ4v) is 9.88. The molecule has 5 heteroatoms. The Kier molecular flexibility index (Phi) is 10.3. The Bertz CT molecular complexity index is 1770. The van der Waals surface area contributed by atoms with Gasteiger partial charge >= 0.3 is 264 Å². The second-order valence-electron chi connectivity index (χ2n) is 11.2. The molecular formula is C39H33Cl2OSiTi. The van der Waals surface area contributed by atoms with Gasteiger partial charge in [-0.1, -0.05) is 0 Å². The monoisotopic (exact) mass is 663 g/mol. The van der Waals surface area contributed by atoms with Gasteiger partial charge in [0.25, 0.3) is 0 Å². The summed E-state index contributed by atoms with van der Waals surface area (Å²) in [5.41, 5.74) is 14.5. The van der Waals surface area contributed by atoms with Crippen molar-refractivity contribution in [2.24, 2.45) is 0 Å². The van der Waals surface area contributed by atoms with Crippen LogP contribution in [0.25, 0.3) is 39.0 Å². The van der Waals surface area contributed by atoms with Crippen LogP contribution in [0.3, 0.4) is 0 Å². The molecule has 5 aromatic rings. The van der Waals surface area contributed by atoms with E-state index in [0.29, 0.717) is 0 Å². The Morgan fingerprint density at radius 1 is 0.614 bits per heavy atom. The molecule has 0 radical (unpaired) electrons. The third kappa shape index (κ3) is 5.64. The van der Waals surface area contributed by atoms with Crippen LogP contribution >= 0.6 is 0 Å². The maximum atomic E-state index is 6.50. The van der Waals surface area contributed by atoms with Gasteiger partial charge in [0.05, 0.1) is 0 Å². The summed E-state index contributed by atoms with van der Waals surface area (Å²) in [6, 6.07) is 47.2. The van der Waals surface area contributed by atoms with Gasteiger partial charge in [0.15, 0.2) is 0 Å². The van der Waals surface area contributed by atoms with Gasteiger partial charge in [0.2, 0.25) is 0 Å². The molecule has 2 aliphatic carbocycles. The van der Waals surface area contributed by atoms with E-state index in [1.165, 1.54) is 73.3 Å². The molecule has 0 aromatic heterocycles. The van der Waals surface area contributed by atoms with Crippen LogP contribution in [0, 0.1) is 0 Å². The number of halogens is 2. The normalized spacial score (nSPS) is 13.3. The van der Waals surface area contributed by atoms with Gasteiger partial charge in [-0.15, -0.1) is 0 Å². The summed E-state index contributed by atoms with van der Waals surface area (Å²) in [5, 5.41) is 1.55. The zero-order valence-corrected chi connectivity index (χ0v) is 29.0. The minimum absolute atomic E-state index is 0. The van der Waals surface area contributed by atoms with Crippen LogP contribution < -0.4 is 24.8 Å². The van der Waals surface area contributed by atoms with E-state index in [1.807, 2.05) is 20.8 Å². The van der Waals surface area contributed by atoms with E-state index in [-0.39, 0.29) is 30.7 Å². The second-order valence-corrected chi connectivity index (χ2v) is 14.8. The average molecular weight is 665 g/mol. The van der Waals surface area contributed by atoms with E-state index in [9.17, 15) is 0 Å². The van der Waals surface area contributed by atoms with Crippen LogP contribution in [0.2, 0.25) is 12.1 Å². The first kappa shape index (κ1) is 32.4. The van der Waals surface area contributed by atoms with Crippen LogP contribution in [0.5, 0.6) is 0 Å². The topological polar surface area (TPSA) is 9.23 Å². The molecule has 0 atom stereocenters. The van der Waals surface area contributed by atoms with Gasteiger partial charge in [-0.2, -0.15) is 0 Å². The van der Waals surface area contributed by atoms with E-state index >= 15 is 0 Å². The summed E-state index contributed by atoms with van der Waals surface area (Å²) < 4.78 is 6.50. The van der Waals surface area contributed by atoms with Crippen molar-refractivity contribution >= 4 is 19.2 Å². The second kappa shape index (κ2) is 14.0. The quantitative estimate of drug-likeness (QED) is 0.251. The van der Waals surface area contributed by atoms with Crippen LogP contribution in [-0.2, 0) is 30.6 Å². The Labute approximate surface area is 287 Å². The van der Waals surface area contributed by atoms with Crippen molar-refractivity contribution in [3.05, 3.63) is 149 Å². The predicted molar refractivity (Wildman–Crippen MR) is 174 cm³/mol. The van der Waals surface area contributed by atoms with Crippen LogP contribution in [0.15, 0.2) is 127 Å². The maximum Gasteiger partial charge on any atom is -1.00 e. The standard InChI is InChI=1S/C39H34OSi.2ClH.Ti/c1-3-41(4-2)36-25-30-17-11-12-18-31(30)38(39(36)40)37-34-23-28(26-13-7-5-8-14-26)19-21-32(34)33-22-20-29(24-35(33)37)27-15-9-6-10-16-27;;;/h5-24,37,40H,3-4,25H2,1-2H3;2*1H;/q;;;+3/p-3. The van der Waals surface area contributed by atoms with Crippen molar-refractivity contribution in [2.45, 2.75) is 38.3 Å². The molecule has 0 aliphatic heterocycles. The third-order valence-corrected chi connectivity index (χ3v) is 12.4. The van der Waals surface area contributed by atoms with Crippen LogP contribution in [-0.4, -0.2) is 13.6 Å². The average Bonchev–Trinajstić information content (AvgIpc) is 3.38. The van der Waals surface area contributed by atoms with Gasteiger partial charge < -0.3 is 24.8 Å². The molecule has 44 heavy (non-hydrogen) atoms. The first-order valence-corrected chi connectivity index (χ1v) is 17.5. The van der Waals surface area contributed by atoms with Crippen molar-refractivity contribution in [1.29, 1.82) is 0 Å². The van der Waals surface area contributed by atoms with Gasteiger partial charge in [0.1, 0.15) is 0 Å². The number of fused-ring (bicyclic) bond motifs is 4. The fraction of sp³-hybridized carbons (Fsp3) is 0.154. The largest absolute Gasteiger partial charge is 1.00 e. The Hall–Kier alpha value is -2.98. The molecule has 2 aliphatic rings. The van der Waals surface area contributed by atoms with Crippen molar-refractivity contribution in [3.63, 3.8) is 0 Å². The Morgan fingerprint density at radius 2 is 1.11 bits per heavy atom. The number of rotatable bonds is 6. The maximum absolute atomic E-state index is 6.50. The van der Waals surface area contributed by atoms with Crippen molar-refractivity contribution in [1.82, 2.24) is 0 Å². The summed E-state index contributed by atoms with van der Waals surface area (Å²) in [7, 11) is -0.708. The molecule has 7 rings (SSSR count). The van der Waals surface area contributed by atoms with Crippen molar-refractivity contribution < 1.29 is 49.0 Å². The molecule has 0 bridgehead atoms. The molecule has 0 heterocycles. The summed E-state index contributed by atoms with van der Waals surface area (Å²) >= 11 is 1.89. The summed E-state index contributed by atoms with van der Waals surface area (Å²) in [6.07, 6.45) is 0.999. The van der Waals surface area contributed by atoms with E-state index < -0.39 is 8.41 Å². The minimum atomic E-state index is -0.708. The SMILES string of the molecule is CC[Si](CC)=C1Cc2ccccc2C(C2c3cc(-c4ccccc4)ccc3-c3ccc(-c4ccccc4)cc32)=C1[O][Ti+2].[Cl-].[Cl-]. The van der Waals surface area contributed by atoms with Crippen molar-refractivity contribution in [2.75, 3.05) is 0 Å². The zero-order valence-electron chi connectivity index (χ0n) is 24.9. The Balaban J connectivity index is 0.00000192. The van der Waals surface area contributed by atoms with E-state index in [4.69, 9.17) is 3.32 Å². The molecular weight excluding hydrogens is 631 g/mol. The van der Waals surface area contributed by atoms with E-state index in [0.717, 1.165) is 12.2 Å². The molecule has 5 aromatic carbocycles. The summed E-state index contributed by atoms with van der Waals surface area (Å²) in [4.78, 5) is 0. The molecule has 217 valence electrons. The van der Waals surface area contributed by atoms with Gasteiger partial charge in [-0.3, -0.25) is 0 Å².